The molecule has 0 aromatic carbocycles. The smallest absolute Gasteiger partial charge is 0.0643 e. The summed E-state index contributed by atoms with van der Waals surface area (Å²) >= 11 is 0. The van der Waals surface area contributed by atoms with E-state index in [4.69, 9.17) is 9.47 Å². The second kappa shape index (κ2) is 4.14. The van der Waals surface area contributed by atoms with Crippen LogP contribution < -0.4 is 5.43 Å². The molecule has 0 aliphatic carbocycles. The number of nitrogens with one attached hydrogen (secondary N) is 1. The zero-order chi connectivity index (χ0) is 10.0. The lowest BCUT2D eigenvalue weighted by Crippen LogP contribution is -2.50. The fraction of sp³-hybridized carbons (Fsp3) is 1.00. The molecule has 2 fully saturated rings. The first-order valence-electron chi connectivity index (χ1n) is 5.38. The van der Waals surface area contributed by atoms with Gasteiger partial charge in [0, 0.05) is 19.1 Å². The standard InChI is InChI=1S/C10H20N2O2/c1-10(2)7-9(8-14-10)11-12-3-5-13-6-4-12/h9,11H,3-8H2,1-2H3. The molecule has 0 amide bonds. The average molecular weight is 200 g/mol. The Morgan fingerprint density at radius 3 is 2.57 bits per heavy atom. The third kappa shape index (κ3) is 2.67. The number of hydrogen-bond acceptors (Lipinski definition) is 4. The molecule has 4 nitrogen and oxygen atoms in total. The molecule has 2 saturated heterocycles. The Balaban J connectivity index is 1.75. The molecule has 0 radical (unpaired) electrons. The van der Waals surface area contributed by atoms with Crippen LogP contribution in [0.25, 0.3) is 0 Å². The topological polar surface area (TPSA) is 33.7 Å². The van der Waals surface area contributed by atoms with Crippen molar-refractivity contribution >= 4 is 0 Å². The number of rotatable bonds is 2. The van der Waals surface area contributed by atoms with Crippen molar-refractivity contribution in [2.24, 2.45) is 0 Å². The largest absolute Gasteiger partial charge is 0.379 e. The van der Waals surface area contributed by atoms with Crippen LogP contribution in [0.5, 0.6) is 0 Å². The van der Waals surface area contributed by atoms with Gasteiger partial charge in [0.2, 0.25) is 0 Å². The molecule has 82 valence electrons. The second-order valence-corrected chi connectivity index (χ2v) is 4.70. The molecular weight excluding hydrogens is 180 g/mol. The van der Waals surface area contributed by atoms with E-state index in [0.717, 1.165) is 39.3 Å². The van der Waals surface area contributed by atoms with Gasteiger partial charge < -0.3 is 9.47 Å². The van der Waals surface area contributed by atoms with E-state index in [-0.39, 0.29) is 5.60 Å². The highest BCUT2D eigenvalue weighted by Crippen LogP contribution is 2.24. The molecule has 4 heteroatoms. The normalized spacial score (nSPS) is 33.4. The lowest BCUT2D eigenvalue weighted by Gasteiger charge is -2.29. The third-order valence-electron chi connectivity index (χ3n) is 2.79. The van der Waals surface area contributed by atoms with Crippen LogP contribution in [0.15, 0.2) is 0 Å². The molecule has 0 spiro atoms. The Labute approximate surface area is 85.5 Å². The number of hydrogen-bond donors (Lipinski definition) is 1. The van der Waals surface area contributed by atoms with E-state index in [1.165, 1.54) is 0 Å². The minimum atomic E-state index is 0.0456. The highest BCUT2D eigenvalue weighted by molar-refractivity contribution is 4.84. The van der Waals surface area contributed by atoms with Crippen LogP contribution in [0.3, 0.4) is 0 Å². The minimum Gasteiger partial charge on any atom is -0.379 e. The Morgan fingerprint density at radius 1 is 1.29 bits per heavy atom. The van der Waals surface area contributed by atoms with Gasteiger partial charge >= 0.3 is 0 Å². The maximum Gasteiger partial charge on any atom is 0.0643 e. The van der Waals surface area contributed by atoms with Gasteiger partial charge in [0.05, 0.1) is 25.4 Å². The second-order valence-electron chi connectivity index (χ2n) is 4.70. The van der Waals surface area contributed by atoms with Crippen molar-refractivity contribution in [3.63, 3.8) is 0 Å². The van der Waals surface area contributed by atoms with E-state index in [2.05, 4.69) is 24.3 Å². The van der Waals surface area contributed by atoms with Crippen LogP contribution in [0, 0.1) is 0 Å². The quantitative estimate of drug-likeness (QED) is 0.699. The van der Waals surface area contributed by atoms with Gasteiger partial charge in [-0.15, -0.1) is 0 Å². The molecule has 2 aliphatic heterocycles. The molecule has 1 unspecified atom stereocenters. The lowest BCUT2D eigenvalue weighted by molar-refractivity contribution is 0.00101. The summed E-state index contributed by atoms with van der Waals surface area (Å²) in [5, 5.41) is 2.25. The first kappa shape index (κ1) is 10.4. The predicted octanol–water partition coefficient (Wildman–Crippen LogP) is 0.391. The molecule has 2 rings (SSSR count). The molecule has 2 heterocycles. The van der Waals surface area contributed by atoms with Gasteiger partial charge in [-0.1, -0.05) is 0 Å². The van der Waals surface area contributed by atoms with Crippen molar-refractivity contribution < 1.29 is 9.47 Å². The summed E-state index contributed by atoms with van der Waals surface area (Å²) in [6, 6.07) is 0.475. The van der Waals surface area contributed by atoms with Crippen molar-refractivity contribution in [2.75, 3.05) is 32.9 Å². The molecule has 1 N–H and O–H groups in total. The predicted molar refractivity (Wildman–Crippen MR) is 54.0 cm³/mol. The summed E-state index contributed by atoms with van der Waals surface area (Å²) in [5.41, 5.74) is 3.55. The molecule has 2 aliphatic rings. The fourth-order valence-corrected chi connectivity index (χ4v) is 2.07. The monoisotopic (exact) mass is 200 g/mol. The maximum atomic E-state index is 5.67. The van der Waals surface area contributed by atoms with Gasteiger partial charge in [-0.05, 0) is 20.3 Å². The summed E-state index contributed by atoms with van der Waals surface area (Å²) in [6.45, 7) is 8.76. The highest BCUT2D eigenvalue weighted by Gasteiger charge is 2.32. The van der Waals surface area contributed by atoms with E-state index >= 15 is 0 Å². The fourth-order valence-electron chi connectivity index (χ4n) is 2.07. The van der Waals surface area contributed by atoms with E-state index in [1.54, 1.807) is 0 Å². The Morgan fingerprint density at radius 2 is 2.00 bits per heavy atom. The molecule has 1 atom stereocenters. The van der Waals surface area contributed by atoms with E-state index in [1.807, 2.05) is 0 Å². The van der Waals surface area contributed by atoms with Crippen LogP contribution in [0.2, 0.25) is 0 Å². The van der Waals surface area contributed by atoms with Gasteiger partial charge in [-0.3, -0.25) is 0 Å². The highest BCUT2D eigenvalue weighted by atomic mass is 16.5. The number of hydrazine groups is 1. The van der Waals surface area contributed by atoms with Crippen LogP contribution in [0.1, 0.15) is 20.3 Å². The van der Waals surface area contributed by atoms with Crippen LogP contribution in [0.4, 0.5) is 0 Å². The lowest BCUT2D eigenvalue weighted by atomic mass is 10.0. The summed E-state index contributed by atoms with van der Waals surface area (Å²) in [7, 11) is 0. The van der Waals surface area contributed by atoms with Crippen LogP contribution >= 0.6 is 0 Å². The van der Waals surface area contributed by atoms with Crippen molar-refractivity contribution in [1.29, 1.82) is 0 Å². The summed E-state index contributed by atoms with van der Waals surface area (Å²) in [4.78, 5) is 0. The first-order chi connectivity index (χ1) is 6.66. The van der Waals surface area contributed by atoms with Gasteiger partial charge in [0.1, 0.15) is 0 Å². The summed E-state index contributed by atoms with van der Waals surface area (Å²) < 4.78 is 11.0. The summed E-state index contributed by atoms with van der Waals surface area (Å²) in [5.74, 6) is 0. The van der Waals surface area contributed by atoms with Gasteiger partial charge in [0.25, 0.3) is 0 Å². The molecule has 0 aromatic heterocycles. The van der Waals surface area contributed by atoms with Gasteiger partial charge in [-0.25, -0.2) is 10.4 Å². The Kier molecular flexibility index (Phi) is 3.07. The van der Waals surface area contributed by atoms with Crippen molar-refractivity contribution in [1.82, 2.24) is 10.4 Å². The van der Waals surface area contributed by atoms with Crippen molar-refractivity contribution in [3.05, 3.63) is 0 Å². The number of ether oxygens (including phenoxy) is 2. The average Bonchev–Trinajstić information content (AvgIpc) is 2.47. The molecule has 0 saturated carbocycles. The van der Waals surface area contributed by atoms with Crippen molar-refractivity contribution in [2.45, 2.75) is 31.9 Å². The van der Waals surface area contributed by atoms with E-state index in [9.17, 15) is 0 Å². The van der Waals surface area contributed by atoms with E-state index < -0.39 is 0 Å². The molecule has 0 aromatic rings. The number of nitrogens with zero attached hydrogens (tertiary/aromatic N) is 1. The Bertz CT molecular complexity index is 191. The van der Waals surface area contributed by atoms with Crippen molar-refractivity contribution in [3.8, 4) is 0 Å². The Hall–Kier alpha value is -0.160. The molecule has 0 bridgehead atoms. The minimum absolute atomic E-state index is 0.0456. The molecule has 14 heavy (non-hydrogen) atoms. The molecular formula is C10H20N2O2. The SMILES string of the molecule is CC1(C)CC(NN2CCOCC2)CO1. The summed E-state index contributed by atoms with van der Waals surface area (Å²) in [6.07, 6.45) is 1.09. The first-order valence-corrected chi connectivity index (χ1v) is 5.38. The van der Waals surface area contributed by atoms with Gasteiger partial charge in [0.15, 0.2) is 0 Å². The zero-order valence-electron chi connectivity index (χ0n) is 9.08. The van der Waals surface area contributed by atoms with Crippen LogP contribution in [-0.4, -0.2) is 49.6 Å². The third-order valence-corrected chi connectivity index (χ3v) is 2.79. The van der Waals surface area contributed by atoms with Gasteiger partial charge in [-0.2, -0.15) is 0 Å². The zero-order valence-corrected chi connectivity index (χ0v) is 9.08. The van der Waals surface area contributed by atoms with Crippen LogP contribution in [-0.2, 0) is 9.47 Å². The number of morpholine rings is 1. The van der Waals surface area contributed by atoms with E-state index in [0.29, 0.717) is 6.04 Å². The maximum absolute atomic E-state index is 5.67.